The van der Waals surface area contributed by atoms with Crippen molar-refractivity contribution in [3.05, 3.63) is 59.2 Å². The van der Waals surface area contributed by atoms with Crippen molar-refractivity contribution in [3.8, 4) is 5.69 Å². The molecule has 0 radical (unpaired) electrons. The van der Waals surface area contributed by atoms with Gasteiger partial charge in [0.15, 0.2) is 0 Å². The topological polar surface area (TPSA) is 72.7 Å². The highest BCUT2D eigenvalue weighted by molar-refractivity contribution is 7.99. The van der Waals surface area contributed by atoms with Crippen LogP contribution in [0, 0.1) is 13.8 Å². The lowest BCUT2D eigenvalue weighted by Crippen LogP contribution is -2.15. The Labute approximate surface area is 157 Å². The first-order valence-electron chi connectivity index (χ1n) is 8.44. The summed E-state index contributed by atoms with van der Waals surface area (Å²) in [4.78, 5) is 12.3. The summed E-state index contributed by atoms with van der Waals surface area (Å²) in [6.45, 7) is 6.12. The number of carbonyl (C=O) groups excluding carboxylic acids is 1. The smallest absolute Gasteiger partial charge is 0.234 e. The molecule has 1 heterocycles. The van der Waals surface area contributed by atoms with Gasteiger partial charge in [0.05, 0.1) is 11.4 Å². The van der Waals surface area contributed by atoms with Crippen LogP contribution in [-0.2, 0) is 11.2 Å². The Morgan fingerprint density at radius 3 is 2.62 bits per heavy atom. The SMILES string of the molecule is CCc1ccc(-n2nnnc2SCC(=O)Nc2ccc(C)cc2C)cc1. The van der Waals surface area contributed by atoms with Crippen LogP contribution >= 0.6 is 11.8 Å². The molecule has 2 aromatic carbocycles. The van der Waals surface area contributed by atoms with E-state index in [-0.39, 0.29) is 11.7 Å². The zero-order chi connectivity index (χ0) is 18.5. The summed E-state index contributed by atoms with van der Waals surface area (Å²) < 4.78 is 1.65. The number of nitrogens with one attached hydrogen (secondary N) is 1. The number of hydrogen-bond acceptors (Lipinski definition) is 5. The van der Waals surface area contributed by atoms with Gasteiger partial charge in [-0.1, -0.05) is 48.5 Å². The molecule has 26 heavy (non-hydrogen) atoms. The lowest BCUT2D eigenvalue weighted by atomic mass is 10.1. The second kappa shape index (κ2) is 8.14. The fraction of sp³-hybridized carbons (Fsp3) is 0.263. The first-order chi connectivity index (χ1) is 12.6. The van der Waals surface area contributed by atoms with Gasteiger partial charge in [-0.25, -0.2) is 0 Å². The summed E-state index contributed by atoms with van der Waals surface area (Å²) in [6, 6.07) is 14.0. The molecule has 1 amide bonds. The van der Waals surface area contributed by atoms with E-state index in [4.69, 9.17) is 0 Å². The molecule has 7 heteroatoms. The number of nitrogens with zero attached hydrogens (tertiary/aromatic N) is 4. The van der Waals surface area contributed by atoms with Crippen LogP contribution in [0.25, 0.3) is 5.69 Å². The minimum atomic E-state index is -0.0853. The van der Waals surface area contributed by atoms with E-state index in [0.29, 0.717) is 5.16 Å². The number of carbonyl (C=O) groups is 1. The molecule has 134 valence electrons. The number of rotatable bonds is 6. The van der Waals surface area contributed by atoms with E-state index < -0.39 is 0 Å². The van der Waals surface area contributed by atoms with Crippen LogP contribution in [0.3, 0.4) is 0 Å². The van der Waals surface area contributed by atoms with Crippen LogP contribution in [0.5, 0.6) is 0 Å². The maximum atomic E-state index is 12.3. The number of thioether (sulfide) groups is 1. The number of aromatic nitrogens is 4. The average Bonchev–Trinajstić information content (AvgIpc) is 3.11. The third-order valence-corrected chi connectivity index (χ3v) is 4.94. The van der Waals surface area contributed by atoms with E-state index in [2.05, 4.69) is 39.9 Å². The molecule has 0 spiro atoms. The normalized spacial score (nSPS) is 10.7. The third kappa shape index (κ3) is 4.29. The van der Waals surface area contributed by atoms with Crippen molar-refractivity contribution in [2.24, 2.45) is 0 Å². The van der Waals surface area contributed by atoms with Gasteiger partial charge in [-0.2, -0.15) is 4.68 Å². The van der Waals surface area contributed by atoms with Gasteiger partial charge in [0.1, 0.15) is 0 Å². The Hall–Kier alpha value is -2.67. The van der Waals surface area contributed by atoms with E-state index in [1.54, 1.807) is 4.68 Å². The van der Waals surface area contributed by atoms with E-state index in [9.17, 15) is 4.79 Å². The standard InChI is InChI=1S/C19H21N5OS/c1-4-15-6-8-16(9-7-15)24-19(21-22-23-24)26-12-18(25)20-17-10-5-13(2)11-14(17)3/h5-11H,4,12H2,1-3H3,(H,20,25). The molecule has 0 aliphatic heterocycles. The van der Waals surface area contributed by atoms with E-state index in [0.717, 1.165) is 23.4 Å². The summed E-state index contributed by atoms with van der Waals surface area (Å²) in [6.07, 6.45) is 0.982. The minimum Gasteiger partial charge on any atom is -0.325 e. The summed E-state index contributed by atoms with van der Waals surface area (Å²) in [5.74, 6) is 0.151. The van der Waals surface area contributed by atoms with Gasteiger partial charge in [-0.3, -0.25) is 4.79 Å². The molecule has 3 aromatic rings. The summed E-state index contributed by atoms with van der Waals surface area (Å²) >= 11 is 1.31. The van der Waals surface area contributed by atoms with Crippen LogP contribution in [0.1, 0.15) is 23.6 Å². The van der Waals surface area contributed by atoms with Crippen LogP contribution in [-0.4, -0.2) is 31.9 Å². The maximum absolute atomic E-state index is 12.3. The predicted molar refractivity (Wildman–Crippen MR) is 104 cm³/mol. The number of anilines is 1. The molecule has 3 rings (SSSR count). The van der Waals surface area contributed by atoms with Crippen LogP contribution in [0.4, 0.5) is 5.69 Å². The molecule has 0 aliphatic rings. The molecule has 1 aromatic heterocycles. The Balaban J connectivity index is 1.64. The van der Waals surface area contributed by atoms with Crippen molar-refractivity contribution in [2.75, 3.05) is 11.1 Å². The molecule has 0 unspecified atom stereocenters. The van der Waals surface area contributed by atoms with Gasteiger partial charge >= 0.3 is 0 Å². The summed E-state index contributed by atoms with van der Waals surface area (Å²) in [7, 11) is 0. The minimum absolute atomic E-state index is 0.0853. The van der Waals surface area contributed by atoms with E-state index in [1.807, 2.05) is 44.2 Å². The fourth-order valence-electron chi connectivity index (χ4n) is 2.57. The van der Waals surface area contributed by atoms with Gasteiger partial charge in [0.2, 0.25) is 11.1 Å². The van der Waals surface area contributed by atoms with Gasteiger partial charge in [-0.15, -0.1) is 5.10 Å². The molecule has 1 N–H and O–H groups in total. The zero-order valence-electron chi connectivity index (χ0n) is 15.1. The molecule has 0 saturated carbocycles. The molecular formula is C19H21N5OS. The number of tetrazole rings is 1. The maximum Gasteiger partial charge on any atom is 0.234 e. The lowest BCUT2D eigenvalue weighted by molar-refractivity contribution is -0.113. The molecule has 0 saturated heterocycles. The molecule has 0 fully saturated rings. The van der Waals surface area contributed by atoms with Crippen LogP contribution < -0.4 is 5.32 Å². The summed E-state index contributed by atoms with van der Waals surface area (Å²) in [5.41, 5.74) is 5.18. The van der Waals surface area contributed by atoms with Gasteiger partial charge < -0.3 is 5.32 Å². The van der Waals surface area contributed by atoms with Crippen LogP contribution in [0.15, 0.2) is 47.6 Å². The second-order valence-electron chi connectivity index (χ2n) is 6.05. The van der Waals surface area contributed by atoms with Crippen molar-refractivity contribution in [1.82, 2.24) is 20.2 Å². The molecular weight excluding hydrogens is 346 g/mol. The zero-order valence-corrected chi connectivity index (χ0v) is 15.9. The highest BCUT2D eigenvalue weighted by Gasteiger charge is 2.12. The highest BCUT2D eigenvalue weighted by Crippen LogP contribution is 2.20. The quantitative estimate of drug-likeness (QED) is 0.674. The number of hydrogen-bond donors (Lipinski definition) is 1. The summed E-state index contributed by atoms with van der Waals surface area (Å²) in [5, 5.41) is 15.3. The van der Waals surface area contributed by atoms with Crippen molar-refractivity contribution in [3.63, 3.8) is 0 Å². The van der Waals surface area contributed by atoms with Crippen molar-refractivity contribution in [2.45, 2.75) is 32.3 Å². The van der Waals surface area contributed by atoms with Crippen molar-refractivity contribution in [1.29, 1.82) is 0 Å². The highest BCUT2D eigenvalue weighted by atomic mass is 32.2. The first-order valence-corrected chi connectivity index (χ1v) is 9.43. The Kier molecular flexibility index (Phi) is 5.68. The van der Waals surface area contributed by atoms with Gasteiger partial charge in [0.25, 0.3) is 0 Å². The van der Waals surface area contributed by atoms with Crippen molar-refractivity contribution >= 4 is 23.4 Å². The molecule has 0 bridgehead atoms. The largest absolute Gasteiger partial charge is 0.325 e. The monoisotopic (exact) mass is 367 g/mol. The Bertz CT molecular complexity index is 905. The fourth-order valence-corrected chi connectivity index (χ4v) is 3.26. The van der Waals surface area contributed by atoms with Gasteiger partial charge in [-0.05, 0) is 60.0 Å². The van der Waals surface area contributed by atoms with Crippen LogP contribution in [0.2, 0.25) is 0 Å². The van der Waals surface area contributed by atoms with E-state index >= 15 is 0 Å². The average molecular weight is 367 g/mol. The van der Waals surface area contributed by atoms with Crippen molar-refractivity contribution < 1.29 is 4.79 Å². The molecule has 0 aliphatic carbocycles. The third-order valence-electron chi connectivity index (χ3n) is 4.02. The number of aryl methyl sites for hydroxylation is 3. The predicted octanol–water partition coefficient (Wildman–Crippen LogP) is 3.57. The Morgan fingerprint density at radius 2 is 1.92 bits per heavy atom. The van der Waals surface area contributed by atoms with E-state index in [1.165, 1.54) is 22.9 Å². The second-order valence-corrected chi connectivity index (χ2v) is 6.99. The molecule has 6 nitrogen and oxygen atoms in total. The first kappa shape index (κ1) is 18.1. The van der Waals surface area contributed by atoms with Gasteiger partial charge in [0, 0.05) is 5.69 Å². The Morgan fingerprint density at radius 1 is 1.15 bits per heavy atom. The number of benzene rings is 2. The lowest BCUT2D eigenvalue weighted by Gasteiger charge is -2.09. The number of amides is 1. The molecule has 0 atom stereocenters.